The fraction of sp³-hybridized carbons (Fsp3) is 0. The van der Waals surface area contributed by atoms with Gasteiger partial charge in [0, 0.05) is 43.6 Å². The maximum absolute atomic E-state index is 2.45. The van der Waals surface area contributed by atoms with Gasteiger partial charge in [0.15, 0.2) is 0 Å². The molecule has 51 heavy (non-hydrogen) atoms. The van der Waals surface area contributed by atoms with Crippen LogP contribution in [0.25, 0.3) is 93.6 Å². The first-order valence-electron chi connectivity index (χ1n) is 17.5. The molecule has 0 aliphatic rings. The summed E-state index contributed by atoms with van der Waals surface area (Å²) in [6, 6.07) is 68.4. The molecule has 3 nitrogen and oxygen atoms in total. The number of hydrogen-bond donors (Lipinski definition) is 0. The lowest BCUT2D eigenvalue weighted by atomic mass is 10.0. The molecular weight excluding hydrogens is 619 g/mol. The fourth-order valence-electron chi connectivity index (χ4n) is 8.53. The molecule has 0 aliphatic carbocycles. The van der Waals surface area contributed by atoms with Crippen LogP contribution in [0.4, 0.5) is 0 Å². The summed E-state index contributed by atoms with van der Waals surface area (Å²) < 4.78 is 7.35. The van der Waals surface area contributed by atoms with E-state index in [1.807, 2.05) is 0 Å². The highest BCUT2D eigenvalue weighted by atomic mass is 15.0. The van der Waals surface area contributed by atoms with E-state index in [0.29, 0.717) is 0 Å². The quantitative estimate of drug-likeness (QED) is 0.180. The van der Waals surface area contributed by atoms with Crippen molar-refractivity contribution in [3.63, 3.8) is 0 Å². The lowest BCUT2D eigenvalue weighted by Gasteiger charge is -2.15. The predicted octanol–water partition coefficient (Wildman–Crippen LogP) is 12.6. The molecule has 0 spiro atoms. The van der Waals surface area contributed by atoms with Crippen molar-refractivity contribution in [1.29, 1.82) is 0 Å². The molecule has 11 aromatic rings. The van der Waals surface area contributed by atoms with Crippen LogP contribution in [-0.4, -0.2) is 13.7 Å². The Labute approximate surface area is 294 Å². The molecule has 8 aromatic carbocycles. The number of benzene rings is 8. The summed E-state index contributed by atoms with van der Waals surface area (Å²) in [6.07, 6.45) is 0. The van der Waals surface area contributed by atoms with Gasteiger partial charge >= 0.3 is 0 Å². The van der Waals surface area contributed by atoms with E-state index in [0.717, 1.165) is 5.69 Å². The van der Waals surface area contributed by atoms with Crippen LogP contribution in [0.15, 0.2) is 188 Å². The highest BCUT2D eigenvalue weighted by molar-refractivity contribution is 6.17. The van der Waals surface area contributed by atoms with E-state index >= 15 is 0 Å². The standard InChI is InChI=1S/C48H31N3/c1-2-15-32(16-3-1)34-17-4-9-22-40(34)51-43-25-12-7-20-37(43)38-30-29-33(31-47(38)51)49-44-26-13-8-21-39(44)48-45(49)27-14-28-46(48)50-41-23-10-5-18-35(41)36-19-6-11-24-42(36)50/h1-31H. The predicted molar refractivity (Wildman–Crippen MR) is 215 cm³/mol. The first kappa shape index (κ1) is 28.0. The van der Waals surface area contributed by atoms with Crippen molar-refractivity contribution in [2.24, 2.45) is 0 Å². The number of aromatic nitrogens is 3. The molecule has 0 unspecified atom stereocenters. The molecule has 0 fully saturated rings. The first-order chi connectivity index (χ1) is 25.3. The van der Waals surface area contributed by atoms with E-state index in [1.165, 1.54) is 87.9 Å². The summed E-state index contributed by atoms with van der Waals surface area (Å²) >= 11 is 0. The minimum Gasteiger partial charge on any atom is -0.309 e. The Kier molecular flexibility index (Phi) is 5.96. The maximum atomic E-state index is 2.45. The van der Waals surface area contributed by atoms with Crippen molar-refractivity contribution in [2.75, 3.05) is 0 Å². The van der Waals surface area contributed by atoms with Crippen molar-refractivity contribution >= 4 is 65.4 Å². The molecule has 0 amide bonds. The Hall–Kier alpha value is -6.84. The average Bonchev–Trinajstić information content (AvgIpc) is 3.84. The molecule has 0 N–H and O–H groups in total. The monoisotopic (exact) mass is 649 g/mol. The fourth-order valence-corrected chi connectivity index (χ4v) is 8.53. The Balaban J connectivity index is 1.22. The zero-order valence-corrected chi connectivity index (χ0v) is 27.7. The van der Waals surface area contributed by atoms with Gasteiger partial charge in [-0.05, 0) is 60.2 Å². The normalized spacial score (nSPS) is 11.9. The topological polar surface area (TPSA) is 14.8 Å². The SMILES string of the molecule is c1ccc(-c2ccccc2-n2c3ccccc3c3ccc(-n4c5ccccc5c5c(-n6c7ccccc7c7ccccc76)cccc54)cc32)cc1. The summed E-state index contributed by atoms with van der Waals surface area (Å²) in [7, 11) is 0. The smallest absolute Gasteiger partial charge is 0.0562 e. The number of nitrogens with zero attached hydrogens (tertiary/aromatic N) is 3. The van der Waals surface area contributed by atoms with Gasteiger partial charge in [-0.25, -0.2) is 0 Å². The third-order valence-corrected chi connectivity index (χ3v) is 10.6. The van der Waals surface area contributed by atoms with Gasteiger partial charge in [-0.15, -0.1) is 0 Å². The molecule has 0 radical (unpaired) electrons. The second kappa shape index (κ2) is 10.8. The molecule has 0 atom stereocenters. The molecule has 3 heterocycles. The molecule has 0 saturated carbocycles. The summed E-state index contributed by atoms with van der Waals surface area (Å²) in [5, 5.41) is 7.50. The van der Waals surface area contributed by atoms with Crippen LogP contribution in [0.5, 0.6) is 0 Å². The highest BCUT2D eigenvalue weighted by Gasteiger charge is 2.21. The number of rotatable bonds is 4. The number of para-hydroxylation sites is 5. The molecule has 0 bridgehead atoms. The minimum absolute atomic E-state index is 1.13. The van der Waals surface area contributed by atoms with E-state index < -0.39 is 0 Å². The number of fused-ring (bicyclic) bond motifs is 9. The first-order valence-corrected chi connectivity index (χ1v) is 17.5. The summed E-state index contributed by atoms with van der Waals surface area (Å²) in [4.78, 5) is 0. The molecule has 11 rings (SSSR count). The van der Waals surface area contributed by atoms with Crippen molar-refractivity contribution in [2.45, 2.75) is 0 Å². The van der Waals surface area contributed by atoms with Gasteiger partial charge in [0.1, 0.15) is 0 Å². The third kappa shape index (κ3) is 4.00. The van der Waals surface area contributed by atoms with Gasteiger partial charge in [0.05, 0.1) is 44.5 Å². The molecule has 3 aromatic heterocycles. The second-order valence-corrected chi connectivity index (χ2v) is 13.3. The van der Waals surface area contributed by atoms with Crippen LogP contribution in [0.2, 0.25) is 0 Å². The van der Waals surface area contributed by atoms with E-state index in [1.54, 1.807) is 0 Å². The lowest BCUT2D eigenvalue weighted by molar-refractivity contribution is 1.15. The van der Waals surface area contributed by atoms with Crippen LogP contribution in [0, 0.1) is 0 Å². The zero-order valence-electron chi connectivity index (χ0n) is 27.7. The molecule has 238 valence electrons. The van der Waals surface area contributed by atoms with Crippen LogP contribution in [0.3, 0.4) is 0 Å². The highest BCUT2D eigenvalue weighted by Crippen LogP contribution is 2.42. The van der Waals surface area contributed by atoms with E-state index in [2.05, 4.69) is 202 Å². The third-order valence-electron chi connectivity index (χ3n) is 10.6. The van der Waals surface area contributed by atoms with Crippen LogP contribution < -0.4 is 0 Å². The Morgan fingerprint density at radius 1 is 0.275 bits per heavy atom. The van der Waals surface area contributed by atoms with Crippen molar-refractivity contribution in [3.8, 4) is 28.2 Å². The van der Waals surface area contributed by atoms with Crippen LogP contribution in [-0.2, 0) is 0 Å². The van der Waals surface area contributed by atoms with Crippen molar-refractivity contribution in [1.82, 2.24) is 13.7 Å². The summed E-state index contributed by atoms with van der Waals surface area (Å²) in [5.41, 5.74) is 13.1. The van der Waals surface area contributed by atoms with Crippen LogP contribution >= 0.6 is 0 Å². The molecule has 0 saturated heterocycles. The average molecular weight is 650 g/mol. The Bertz CT molecular complexity index is 3080. The largest absolute Gasteiger partial charge is 0.309 e. The summed E-state index contributed by atoms with van der Waals surface area (Å²) in [5.74, 6) is 0. The number of hydrogen-bond acceptors (Lipinski definition) is 0. The van der Waals surface area contributed by atoms with Crippen molar-refractivity contribution in [3.05, 3.63) is 188 Å². The Morgan fingerprint density at radius 3 is 1.41 bits per heavy atom. The molecule has 0 aliphatic heterocycles. The van der Waals surface area contributed by atoms with Gasteiger partial charge in [0.25, 0.3) is 0 Å². The van der Waals surface area contributed by atoms with E-state index in [-0.39, 0.29) is 0 Å². The van der Waals surface area contributed by atoms with Gasteiger partial charge in [-0.3, -0.25) is 0 Å². The summed E-state index contributed by atoms with van der Waals surface area (Å²) in [6.45, 7) is 0. The van der Waals surface area contributed by atoms with E-state index in [4.69, 9.17) is 0 Å². The van der Waals surface area contributed by atoms with Gasteiger partial charge in [-0.2, -0.15) is 0 Å². The van der Waals surface area contributed by atoms with Gasteiger partial charge in [0.2, 0.25) is 0 Å². The zero-order chi connectivity index (χ0) is 33.5. The minimum atomic E-state index is 1.13. The van der Waals surface area contributed by atoms with Gasteiger partial charge < -0.3 is 13.7 Å². The Morgan fingerprint density at radius 2 is 0.745 bits per heavy atom. The van der Waals surface area contributed by atoms with Crippen molar-refractivity contribution < 1.29 is 0 Å². The van der Waals surface area contributed by atoms with E-state index in [9.17, 15) is 0 Å². The van der Waals surface area contributed by atoms with Crippen LogP contribution in [0.1, 0.15) is 0 Å². The second-order valence-electron chi connectivity index (χ2n) is 13.3. The molecular formula is C48H31N3. The molecule has 3 heteroatoms. The van der Waals surface area contributed by atoms with Gasteiger partial charge in [-0.1, -0.05) is 133 Å². The lowest BCUT2D eigenvalue weighted by Crippen LogP contribution is -1.99. The maximum Gasteiger partial charge on any atom is 0.0562 e.